The average molecular weight is 222 g/mol. The minimum absolute atomic E-state index is 0.211. The van der Waals surface area contributed by atoms with Gasteiger partial charge in [0.25, 0.3) is 0 Å². The van der Waals surface area contributed by atoms with Crippen molar-refractivity contribution < 1.29 is 22.7 Å². The second-order valence-electron chi connectivity index (χ2n) is 3.62. The fourth-order valence-corrected chi connectivity index (χ4v) is 1.79. The Bertz CT molecular complexity index is 227. The molecule has 0 aliphatic heterocycles. The van der Waals surface area contributed by atoms with Crippen molar-refractivity contribution in [3.05, 3.63) is 12.2 Å². The van der Waals surface area contributed by atoms with Gasteiger partial charge in [-0.05, 0) is 37.7 Å². The van der Waals surface area contributed by atoms with Gasteiger partial charge < -0.3 is 0 Å². The number of allylic oxidation sites excluding steroid dienone is 2. The maximum absolute atomic E-state index is 11.9. The molecule has 0 N–H and O–H groups in total. The van der Waals surface area contributed by atoms with Crippen LogP contribution in [0.15, 0.2) is 12.2 Å². The Kier molecular flexibility index (Phi) is 4.32. The molecule has 0 atom stereocenters. The summed E-state index contributed by atoms with van der Waals surface area (Å²) >= 11 is 0. The molecule has 1 rings (SSSR count). The van der Waals surface area contributed by atoms with Crippen LogP contribution in [0.4, 0.5) is 13.2 Å². The Hall–Kier alpha value is -0.840. The van der Waals surface area contributed by atoms with Crippen LogP contribution < -0.4 is 0 Å². The van der Waals surface area contributed by atoms with Crippen molar-refractivity contribution in [2.45, 2.75) is 38.1 Å². The topological polar surface area (TPSA) is 26.3 Å². The van der Waals surface area contributed by atoms with Crippen LogP contribution in [0.1, 0.15) is 25.7 Å². The smallest absolute Gasteiger partial charge is 0.299 e. The number of ether oxygens (including phenoxy) is 1. The Labute approximate surface area is 86.1 Å². The van der Waals surface area contributed by atoms with Gasteiger partial charge in [-0.3, -0.25) is 9.53 Å². The molecular formula is C10H13F3O2. The van der Waals surface area contributed by atoms with E-state index in [0.29, 0.717) is 32.0 Å². The third-order valence-corrected chi connectivity index (χ3v) is 2.48. The molecule has 0 saturated heterocycles. The van der Waals surface area contributed by atoms with E-state index >= 15 is 0 Å². The van der Waals surface area contributed by atoms with Crippen LogP contribution >= 0.6 is 0 Å². The number of halogens is 3. The van der Waals surface area contributed by atoms with E-state index < -0.39 is 12.5 Å². The molecule has 1 saturated carbocycles. The number of alkyl halides is 3. The number of rotatable bonds is 3. The van der Waals surface area contributed by atoms with Gasteiger partial charge in [-0.25, -0.2) is 0 Å². The highest BCUT2D eigenvalue weighted by atomic mass is 19.4. The van der Waals surface area contributed by atoms with Crippen LogP contribution in [0, 0.1) is 5.92 Å². The summed E-state index contributed by atoms with van der Waals surface area (Å²) < 4.78 is 39.5. The van der Waals surface area contributed by atoms with Crippen molar-refractivity contribution in [1.82, 2.24) is 0 Å². The Morgan fingerprint density at radius 3 is 2.20 bits per heavy atom. The van der Waals surface area contributed by atoms with Gasteiger partial charge >= 0.3 is 6.36 Å². The normalized spacial score (nSPS) is 28.2. The lowest BCUT2D eigenvalue weighted by Gasteiger charge is -2.27. The lowest BCUT2D eigenvalue weighted by Crippen LogP contribution is -2.27. The number of hydrogen-bond donors (Lipinski definition) is 0. The molecule has 15 heavy (non-hydrogen) atoms. The number of carbonyl (C=O) groups is 1. The monoisotopic (exact) mass is 222 g/mol. The summed E-state index contributed by atoms with van der Waals surface area (Å²) in [5, 5.41) is 0. The summed E-state index contributed by atoms with van der Waals surface area (Å²) in [6.45, 7) is 0. The van der Waals surface area contributed by atoms with Crippen LogP contribution in [0.2, 0.25) is 0 Å². The maximum Gasteiger partial charge on any atom is 0.522 e. The molecule has 0 spiro atoms. The Morgan fingerprint density at radius 2 is 1.73 bits per heavy atom. The van der Waals surface area contributed by atoms with Crippen molar-refractivity contribution in [3.8, 4) is 0 Å². The molecule has 2 nitrogen and oxygen atoms in total. The third-order valence-electron chi connectivity index (χ3n) is 2.48. The number of aldehydes is 1. The molecule has 0 aromatic rings. The average Bonchev–Trinajstić information content (AvgIpc) is 2.14. The fourth-order valence-electron chi connectivity index (χ4n) is 1.79. The molecule has 0 aromatic heterocycles. The highest BCUT2D eigenvalue weighted by Gasteiger charge is 2.34. The lowest BCUT2D eigenvalue weighted by atomic mass is 9.87. The van der Waals surface area contributed by atoms with Crippen molar-refractivity contribution in [2.75, 3.05) is 0 Å². The number of carbonyl (C=O) groups excluding carboxylic acids is 1. The molecule has 1 aliphatic rings. The molecule has 0 amide bonds. The molecule has 1 aliphatic carbocycles. The third kappa shape index (κ3) is 4.97. The van der Waals surface area contributed by atoms with Gasteiger partial charge in [0.1, 0.15) is 6.29 Å². The first-order valence-corrected chi connectivity index (χ1v) is 4.88. The minimum atomic E-state index is -4.53. The molecule has 0 radical (unpaired) electrons. The molecule has 0 heterocycles. The van der Waals surface area contributed by atoms with Gasteiger partial charge in [-0.15, -0.1) is 13.2 Å². The van der Waals surface area contributed by atoms with Crippen molar-refractivity contribution in [1.29, 1.82) is 0 Å². The van der Waals surface area contributed by atoms with Crippen LogP contribution in [-0.2, 0) is 9.53 Å². The summed E-state index contributed by atoms with van der Waals surface area (Å²) in [6.07, 6.45) is 0.656. The molecule has 0 bridgehead atoms. The number of hydrogen-bond acceptors (Lipinski definition) is 2. The quantitative estimate of drug-likeness (QED) is 0.542. The van der Waals surface area contributed by atoms with Crippen molar-refractivity contribution >= 4 is 6.29 Å². The van der Waals surface area contributed by atoms with E-state index in [1.54, 1.807) is 6.08 Å². The van der Waals surface area contributed by atoms with Gasteiger partial charge in [-0.1, -0.05) is 6.08 Å². The van der Waals surface area contributed by atoms with Gasteiger partial charge in [0.05, 0.1) is 6.10 Å². The minimum Gasteiger partial charge on any atom is -0.299 e. The summed E-state index contributed by atoms with van der Waals surface area (Å²) in [5.41, 5.74) is 0. The van der Waals surface area contributed by atoms with E-state index in [2.05, 4.69) is 4.74 Å². The zero-order chi connectivity index (χ0) is 11.3. The van der Waals surface area contributed by atoms with Crippen LogP contribution in [-0.4, -0.2) is 18.8 Å². The standard InChI is InChI=1S/C10H13F3O2/c11-10(12,13)15-9-5-3-8(4-6-9)2-1-7-14/h1-2,7-9H,3-6H2/b2-1+. The summed E-state index contributed by atoms with van der Waals surface area (Å²) in [5.74, 6) is 0.211. The molecule has 0 unspecified atom stereocenters. The van der Waals surface area contributed by atoms with Crippen LogP contribution in [0.25, 0.3) is 0 Å². The van der Waals surface area contributed by atoms with Gasteiger partial charge in [-0.2, -0.15) is 0 Å². The van der Waals surface area contributed by atoms with Crippen molar-refractivity contribution in [3.63, 3.8) is 0 Å². The van der Waals surface area contributed by atoms with Crippen molar-refractivity contribution in [2.24, 2.45) is 5.92 Å². The van der Waals surface area contributed by atoms with E-state index in [4.69, 9.17) is 0 Å². The summed E-state index contributed by atoms with van der Waals surface area (Å²) in [6, 6.07) is 0. The van der Waals surface area contributed by atoms with E-state index in [1.165, 1.54) is 6.08 Å². The zero-order valence-corrected chi connectivity index (χ0v) is 8.17. The van der Waals surface area contributed by atoms with Crippen LogP contribution in [0.5, 0.6) is 0 Å². The van der Waals surface area contributed by atoms with E-state index in [9.17, 15) is 18.0 Å². The molecule has 5 heteroatoms. The lowest BCUT2D eigenvalue weighted by molar-refractivity contribution is -0.345. The second-order valence-corrected chi connectivity index (χ2v) is 3.62. The van der Waals surface area contributed by atoms with E-state index in [-0.39, 0.29) is 5.92 Å². The SMILES string of the molecule is O=C/C=C/C1CCC(OC(F)(F)F)CC1. The molecule has 0 aromatic carbocycles. The molecule has 86 valence electrons. The predicted molar refractivity (Wildman–Crippen MR) is 48.1 cm³/mol. The van der Waals surface area contributed by atoms with Gasteiger partial charge in [0, 0.05) is 0 Å². The first-order chi connectivity index (χ1) is 7.01. The van der Waals surface area contributed by atoms with Gasteiger partial charge in [0.15, 0.2) is 0 Å². The zero-order valence-electron chi connectivity index (χ0n) is 8.17. The predicted octanol–water partition coefficient (Wildman–Crippen LogP) is 2.84. The first-order valence-electron chi connectivity index (χ1n) is 4.88. The fraction of sp³-hybridized carbons (Fsp3) is 0.700. The largest absolute Gasteiger partial charge is 0.522 e. The van der Waals surface area contributed by atoms with Gasteiger partial charge in [0.2, 0.25) is 0 Å². The molecule has 1 fully saturated rings. The Balaban J connectivity index is 2.29. The van der Waals surface area contributed by atoms with Crippen LogP contribution in [0.3, 0.4) is 0 Å². The first kappa shape index (κ1) is 12.2. The highest BCUT2D eigenvalue weighted by molar-refractivity contribution is 5.64. The molecular weight excluding hydrogens is 209 g/mol. The Morgan fingerprint density at radius 1 is 1.13 bits per heavy atom. The highest BCUT2D eigenvalue weighted by Crippen LogP contribution is 2.31. The van der Waals surface area contributed by atoms with E-state index in [1.807, 2.05) is 0 Å². The summed E-state index contributed by atoms with van der Waals surface area (Å²) in [7, 11) is 0. The maximum atomic E-state index is 11.9. The summed E-state index contributed by atoms with van der Waals surface area (Å²) in [4.78, 5) is 10.0. The second kappa shape index (κ2) is 5.30. The van der Waals surface area contributed by atoms with E-state index in [0.717, 1.165) is 0 Å².